The van der Waals surface area contributed by atoms with Gasteiger partial charge in [0.1, 0.15) is 23.5 Å². The zero-order valence-corrected chi connectivity index (χ0v) is 8.64. The van der Waals surface area contributed by atoms with Crippen LogP contribution in [0.3, 0.4) is 0 Å². The molecule has 0 spiro atoms. The maximum absolute atomic E-state index is 13.1. The fourth-order valence-corrected chi connectivity index (χ4v) is 1.49. The van der Waals surface area contributed by atoms with Crippen LogP contribution in [0, 0.1) is 5.82 Å². The number of H-pyrrole nitrogens is 1. The summed E-state index contributed by atoms with van der Waals surface area (Å²) in [6.07, 6.45) is 2.08. The lowest BCUT2D eigenvalue weighted by atomic mass is 10.1. The largest absolute Gasteiger partial charge is 0.496 e. The Morgan fingerprint density at radius 2 is 2.31 bits per heavy atom. The van der Waals surface area contributed by atoms with E-state index in [2.05, 4.69) is 9.97 Å². The lowest BCUT2D eigenvalue weighted by Gasteiger charge is -2.12. The van der Waals surface area contributed by atoms with Crippen molar-refractivity contribution in [2.75, 3.05) is 7.11 Å². The SMILES string of the molecule is COc1ccc(F)cc1C(O)c1ncc[nH]1. The number of imidazole rings is 1. The molecule has 5 heteroatoms. The summed E-state index contributed by atoms with van der Waals surface area (Å²) < 4.78 is 18.1. The number of nitrogens with one attached hydrogen (secondary N) is 1. The van der Waals surface area contributed by atoms with Gasteiger partial charge in [0.15, 0.2) is 0 Å². The fraction of sp³-hybridized carbons (Fsp3) is 0.182. The van der Waals surface area contributed by atoms with E-state index in [9.17, 15) is 9.50 Å². The zero-order chi connectivity index (χ0) is 11.5. The number of ether oxygens (including phenoxy) is 1. The third-order valence-electron chi connectivity index (χ3n) is 2.26. The van der Waals surface area contributed by atoms with Gasteiger partial charge in [-0.25, -0.2) is 9.37 Å². The first-order valence-electron chi connectivity index (χ1n) is 4.73. The monoisotopic (exact) mass is 222 g/mol. The van der Waals surface area contributed by atoms with E-state index in [1.165, 1.54) is 31.5 Å². The summed E-state index contributed by atoms with van der Waals surface area (Å²) in [4.78, 5) is 6.68. The second-order valence-corrected chi connectivity index (χ2v) is 3.26. The Morgan fingerprint density at radius 3 is 2.94 bits per heavy atom. The van der Waals surface area contributed by atoms with Crippen LogP contribution >= 0.6 is 0 Å². The van der Waals surface area contributed by atoms with Crippen molar-refractivity contribution in [1.82, 2.24) is 9.97 Å². The van der Waals surface area contributed by atoms with Gasteiger partial charge >= 0.3 is 0 Å². The molecule has 1 aromatic heterocycles. The topological polar surface area (TPSA) is 58.1 Å². The van der Waals surface area contributed by atoms with Gasteiger partial charge in [0.05, 0.1) is 7.11 Å². The lowest BCUT2D eigenvalue weighted by Crippen LogP contribution is -2.04. The van der Waals surface area contributed by atoms with Crippen LogP contribution in [0.1, 0.15) is 17.5 Å². The molecular weight excluding hydrogens is 211 g/mol. The summed E-state index contributed by atoms with van der Waals surface area (Å²) in [7, 11) is 1.46. The first kappa shape index (κ1) is 10.6. The van der Waals surface area contributed by atoms with Crippen LogP contribution in [-0.2, 0) is 0 Å². The fourth-order valence-electron chi connectivity index (χ4n) is 1.49. The van der Waals surface area contributed by atoms with Crippen LogP contribution in [0.25, 0.3) is 0 Å². The molecule has 2 N–H and O–H groups in total. The second kappa shape index (κ2) is 4.32. The van der Waals surface area contributed by atoms with Gasteiger partial charge in [0.25, 0.3) is 0 Å². The predicted molar refractivity (Wildman–Crippen MR) is 55.6 cm³/mol. The molecule has 16 heavy (non-hydrogen) atoms. The summed E-state index contributed by atoms with van der Waals surface area (Å²) in [6.45, 7) is 0. The highest BCUT2D eigenvalue weighted by Gasteiger charge is 2.18. The Bertz CT molecular complexity index is 471. The van der Waals surface area contributed by atoms with Crippen molar-refractivity contribution in [3.8, 4) is 5.75 Å². The van der Waals surface area contributed by atoms with E-state index >= 15 is 0 Å². The molecule has 0 aliphatic rings. The number of halogens is 1. The third-order valence-corrected chi connectivity index (χ3v) is 2.26. The van der Waals surface area contributed by atoms with E-state index in [1.807, 2.05) is 0 Å². The summed E-state index contributed by atoms with van der Waals surface area (Å²) >= 11 is 0. The molecule has 2 aromatic rings. The third kappa shape index (κ3) is 1.90. The molecule has 0 amide bonds. The van der Waals surface area contributed by atoms with Gasteiger partial charge in [-0.1, -0.05) is 0 Å². The maximum Gasteiger partial charge on any atom is 0.140 e. The minimum atomic E-state index is -1.03. The molecule has 1 aromatic carbocycles. The number of aromatic nitrogens is 2. The Labute approximate surface area is 91.7 Å². The number of hydrogen-bond acceptors (Lipinski definition) is 3. The molecule has 4 nitrogen and oxygen atoms in total. The van der Waals surface area contributed by atoms with E-state index < -0.39 is 11.9 Å². The van der Waals surface area contributed by atoms with Crippen molar-refractivity contribution in [2.24, 2.45) is 0 Å². The number of aromatic amines is 1. The lowest BCUT2D eigenvalue weighted by molar-refractivity contribution is 0.205. The normalized spacial score (nSPS) is 12.4. The molecule has 1 heterocycles. The summed E-state index contributed by atoms with van der Waals surface area (Å²) in [5.74, 6) is 0.343. The van der Waals surface area contributed by atoms with Crippen molar-refractivity contribution in [3.63, 3.8) is 0 Å². The van der Waals surface area contributed by atoms with Crippen LogP contribution in [0.5, 0.6) is 5.75 Å². The van der Waals surface area contributed by atoms with Crippen LogP contribution < -0.4 is 4.74 Å². The highest BCUT2D eigenvalue weighted by molar-refractivity contribution is 5.38. The molecule has 1 atom stereocenters. The average Bonchev–Trinajstić information content (AvgIpc) is 2.81. The number of aliphatic hydroxyl groups excluding tert-OH is 1. The number of nitrogens with zero attached hydrogens (tertiary/aromatic N) is 1. The standard InChI is InChI=1S/C11H11FN2O2/c1-16-9-3-2-7(12)6-8(9)10(15)11-13-4-5-14-11/h2-6,10,15H,1H3,(H,13,14). The molecule has 0 fully saturated rings. The van der Waals surface area contributed by atoms with E-state index in [-0.39, 0.29) is 0 Å². The van der Waals surface area contributed by atoms with Crippen LogP contribution in [0.15, 0.2) is 30.6 Å². The van der Waals surface area contributed by atoms with Gasteiger partial charge in [0, 0.05) is 18.0 Å². The smallest absolute Gasteiger partial charge is 0.140 e. The Morgan fingerprint density at radius 1 is 1.50 bits per heavy atom. The van der Waals surface area contributed by atoms with E-state index in [0.717, 1.165) is 0 Å². The van der Waals surface area contributed by atoms with Gasteiger partial charge < -0.3 is 14.8 Å². The van der Waals surface area contributed by atoms with Gasteiger partial charge in [0.2, 0.25) is 0 Å². The van der Waals surface area contributed by atoms with Crippen LogP contribution in [0.2, 0.25) is 0 Å². The van der Waals surface area contributed by atoms with Crippen molar-refractivity contribution < 1.29 is 14.2 Å². The number of benzene rings is 1. The van der Waals surface area contributed by atoms with Crippen molar-refractivity contribution in [3.05, 3.63) is 47.8 Å². The first-order valence-corrected chi connectivity index (χ1v) is 4.73. The Balaban J connectivity index is 2.42. The van der Waals surface area contributed by atoms with Crippen LogP contribution in [0.4, 0.5) is 4.39 Å². The van der Waals surface area contributed by atoms with E-state index in [4.69, 9.17) is 4.74 Å². The quantitative estimate of drug-likeness (QED) is 0.830. The van der Waals surface area contributed by atoms with E-state index in [1.54, 1.807) is 6.20 Å². The van der Waals surface area contributed by atoms with Crippen molar-refractivity contribution in [2.45, 2.75) is 6.10 Å². The maximum atomic E-state index is 13.1. The first-order chi connectivity index (χ1) is 7.72. The number of methoxy groups -OCH3 is 1. The van der Waals surface area contributed by atoms with Gasteiger partial charge in [-0.05, 0) is 18.2 Å². The van der Waals surface area contributed by atoms with Gasteiger partial charge in [-0.15, -0.1) is 0 Å². The number of rotatable bonds is 3. The summed E-state index contributed by atoms with van der Waals surface area (Å²) in [5.41, 5.74) is 0.345. The highest BCUT2D eigenvalue weighted by atomic mass is 19.1. The summed E-state index contributed by atoms with van der Waals surface area (Å²) in [6, 6.07) is 3.97. The zero-order valence-electron chi connectivity index (χ0n) is 8.64. The van der Waals surface area contributed by atoms with Gasteiger partial charge in [-0.2, -0.15) is 0 Å². The minimum Gasteiger partial charge on any atom is -0.496 e. The molecule has 0 aliphatic heterocycles. The molecule has 84 valence electrons. The van der Waals surface area contributed by atoms with Crippen molar-refractivity contribution in [1.29, 1.82) is 0 Å². The molecule has 1 unspecified atom stereocenters. The van der Waals surface area contributed by atoms with Gasteiger partial charge in [-0.3, -0.25) is 0 Å². The minimum absolute atomic E-state index is 0.345. The highest BCUT2D eigenvalue weighted by Crippen LogP contribution is 2.28. The Kier molecular flexibility index (Phi) is 2.87. The summed E-state index contributed by atoms with van der Waals surface area (Å²) in [5, 5.41) is 9.98. The molecule has 0 saturated carbocycles. The molecule has 0 radical (unpaired) electrons. The molecular formula is C11H11FN2O2. The second-order valence-electron chi connectivity index (χ2n) is 3.26. The number of aliphatic hydroxyl groups is 1. The van der Waals surface area contributed by atoms with E-state index in [0.29, 0.717) is 17.1 Å². The molecule has 2 rings (SSSR count). The van der Waals surface area contributed by atoms with Crippen LogP contribution in [-0.4, -0.2) is 22.2 Å². The Hall–Kier alpha value is -1.88. The molecule has 0 aliphatic carbocycles. The number of hydrogen-bond donors (Lipinski definition) is 2. The molecule has 0 bridgehead atoms. The predicted octanol–water partition coefficient (Wildman–Crippen LogP) is 1.64. The molecule has 0 saturated heterocycles. The average molecular weight is 222 g/mol. The van der Waals surface area contributed by atoms with Crippen molar-refractivity contribution >= 4 is 0 Å².